The first-order valence-electron chi connectivity index (χ1n) is 5.35. The van der Waals surface area contributed by atoms with Crippen molar-refractivity contribution in [3.05, 3.63) is 0 Å². The summed E-state index contributed by atoms with van der Waals surface area (Å²) in [6.07, 6.45) is 1.88. The maximum atomic E-state index is 11.8. The summed E-state index contributed by atoms with van der Waals surface area (Å²) in [7, 11) is 1.58. The van der Waals surface area contributed by atoms with Gasteiger partial charge in [0.15, 0.2) is 0 Å². The van der Waals surface area contributed by atoms with Crippen LogP contribution in [-0.4, -0.2) is 37.2 Å². The van der Waals surface area contributed by atoms with E-state index < -0.39 is 17.8 Å². The maximum Gasteiger partial charge on any atom is 0.307 e. The summed E-state index contributed by atoms with van der Waals surface area (Å²) in [5, 5.41) is 22.5. The van der Waals surface area contributed by atoms with Crippen molar-refractivity contribution in [2.45, 2.75) is 19.3 Å². The second kappa shape index (κ2) is 4.48. The number of carboxylic acids is 1. The normalized spacial score (nSPS) is 23.6. The van der Waals surface area contributed by atoms with E-state index in [9.17, 15) is 9.59 Å². The molecule has 17 heavy (non-hydrogen) atoms. The second-order valence-corrected chi connectivity index (χ2v) is 4.07. The number of carboxylic acid groups (broad SMARTS) is 1. The van der Waals surface area contributed by atoms with Gasteiger partial charge in [0.05, 0.1) is 18.9 Å². The number of rotatable bonds is 3. The molecule has 1 aromatic rings. The number of aryl methyl sites for hydroxylation is 1. The molecule has 0 bridgehead atoms. The molecule has 0 aliphatic heterocycles. The number of carbonyl (C=O) groups is 2. The van der Waals surface area contributed by atoms with Crippen LogP contribution in [0.5, 0.6) is 0 Å². The van der Waals surface area contributed by atoms with Gasteiger partial charge in [0.2, 0.25) is 5.91 Å². The number of amides is 1. The Kier molecular flexibility index (Phi) is 3.03. The molecule has 0 aromatic carbocycles. The number of anilines is 1. The van der Waals surface area contributed by atoms with Crippen LogP contribution in [0.4, 0.5) is 5.95 Å². The van der Waals surface area contributed by atoms with Gasteiger partial charge in [-0.25, -0.2) is 0 Å². The summed E-state index contributed by atoms with van der Waals surface area (Å²) in [4.78, 5) is 24.0. The van der Waals surface area contributed by atoms with Gasteiger partial charge in [-0.2, -0.15) is 4.80 Å². The number of nitrogens with zero attached hydrogens (tertiary/aromatic N) is 4. The highest BCUT2D eigenvalue weighted by atomic mass is 16.4. The average molecular weight is 239 g/mol. The van der Waals surface area contributed by atoms with E-state index in [2.05, 4.69) is 20.7 Å². The first kappa shape index (κ1) is 11.5. The molecule has 0 saturated heterocycles. The monoisotopic (exact) mass is 239 g/mol. The van der Waals surface area contributed by atoms with E-state index in [0.29, 0.717) is 12.8 Å². The molecule has 1 aliphatic rings. The summed E-state index contributed by atoms with van der Waals surface area (Å²) in [6, 6.07) is 0. The van der Waals surface area contributed by atoms with E-state index in [-0.39, 0.29) is 11.9 Å². The topological polar surface area (TPSA) is 110 Å². The molecule has 1 amide bonds. The Morgan fingerprint density at radius 2 is 2.12 bits per heavy atom. The molecule has 1 fully saturated rings. The van der Waals surface area contributed by atoms with Crippen molar-refractivity contribution < 1.29 is 14.7 Å². The predicted molar refractivity (Wildman–Crippen MR) is 55.9 cm³/mol. The zero-order chi connectivity index (χ0) is 12.4. The first-order valence-corrected chi connectivity index (χ1v) is 5.35. The molecule has 0 spiro atoms. The fourth-order valence-corrected chi connectivity index (χ4v) is 2.11. The van der Waals surface area contributed by atoms with Crippen molar-refractivity contribution in [1.29, 1.82) is 0 Å². The zero-order valence-electron chi connectivity index (χ0n) is 9.33. The van der Waals surface area contributed by atoms with Crippen LogP contribution in [0, 0.1) is 11.8 Å². The number of tetrazole rings is 1. The molecule has 2 N–H and O–H groups in total. The van der Waals surface area contributed by atoms with Crippen molar-refractivity contribution in [2.24, 2.45) is 18.9 Å². The van der Waals surface area contributed by atoms with Crippen molar-refractivity contribution >= 4 is 17.8 Å². The summed E-state index contributed by atoms with van der Waals surface area (Å²) >= 11 is 0. The maximum absolute atomic E-state index is 11.8. The van der Waals surface area contributed by atoms with Crippen LogP contribution >= 0.6 is 0 Å². The molecule has 2 unspecified atom stereocenters. The smallest absolute Gasteiger partial charge is 0.307 e. The molecule has 2 atom stereocenters. The minimum atomic E-state index is -0.922. The lowest BCUT2D eigenvalue weighted by Gasteiger charge is -2.13. The highest BCUT2D eigenvalue weighted by Gasteiger charge is 2.38. The second-order valence-electron chi connectivity index (χ2n) is 4.07. The van der Waals surface area contributed by atoms with Gasteiger partial charge in [-0.05, 0) is 18.1 Å². The van der Waals surface area contributed by atoms with Crippen LogP contribution in [-0.2, 0) is 16.6 Å². The lowest BCUT2D eigenvalue weighted by molar-refractivity contribution is -0.145. The lowest BCUT2D eigenvalue weighted by atomic mass is 9.95. The summed E-state index contributed by atoms with van der Waals surface area (Å²) < 4.78 is 0. The fraction of sp³-hybridized carbons (Fsp3) is 0.667. The zero-order valence-corrected chi connectivity index (χ0v) is 9.33. The standard InChI is InChI=1S/C9H13N5O3/c1-14-12-9(11-13-14)10-7(15)5-3-2-4-6(5)8(16)17/h5-6H,2-4H2,1H3,(H,16,17)(H,10,12,15). The Hall–Kier alpha value is -1.99. The van der Waals surface area contributed by atoms with E-state index in [1.54, 1.807) is 7.05 Å². The minimum absolute atomic E-state index is 0.105. The van der Waals surface area contributed by atoms with Crippen LogP contribution in [0.15, 0.2) is 0 Å². The number of aliphatic carboxylic acids is 1. The molecule has 0 radical (unpaired) electrons. The molecule has 8 nitrogen and oxygen atoms in total. The highest BCUT2D eigenvalue weighted by molar-refractivity contribution is 5.94. The summed E-state index contributed by atoms with van der Waals surface area (Å²) in [5.41, 5.74) is 0. The molecular formula is C9H13N5O3. The van der Waals surface area contributed by atoms with Gasteiger partial charge in [0.1, 0.15) is 0 Å². The average Bonchev–Trinajstić information content (AvgIpc) is 2.86. The van der Waals surface area contributed by atoms with Crippen LogP contribution in [0.2, 0.25) is 0 Å². The molecule has 2 rings (SSSR count). The Morgan fingerprint density at radius 3 is 2.71 bits per heavy atom. The number of hydrogen-bond donors (Lipinski definition) is 2. The Balaban J connectivity index is 2.02. The summed E-state index contributed by atoms with van der Waals surface area (Å²) in [6.45, 7) is 0. The van der Waals surface area contributed by atoms with E-state index in [1.165, 1.54) is 4.80 Å². The van der Waals surface area contributed by atoms with E-state index in [4.69, 9.17) is 5.11 Å². The molecule has 1 heterocycles. The highest BCUT2D eigenvalue weighted by Crippen LogP contribution is 2.32. The van der Waals surface area contributed by atoms with Crippen LogP contribution < -0.4 is 5.32 Å². The van der Waals surface area contributed by atoms with E-state index in [0.717, 1.165) is 6.42 Å². The molecule has 92 valence electrons. The number of carbonyl (C=O) groups excluding carboxylic acids is 1. The molecule has 1 saturated carbocycles. The SMILES string of the molecule is Cn1nnc(NC(=O)C2CCCC2C(=O)O)n1. The van der Waals surface area contributed by atoms with Gasteiger partial charge in [-0.3, -0.25) is 14.9 Å². The van der Waals surface area contributed by atoms with Crippen molar-refractivity contribution in [1.82, 2.24) is 20.2 Å². The number of hydrogen-bond acceptors (Lipinski definition) is 5. The summed E-state index contributed by atoms with van der Waals surface area (Å²) in [5.74, 6) is -2.27. The van der Waals surface area contributed by atoms with Crippen LogP contribution in [0.3, 0.4) is 0 Å². The largest absolute Gasteiger partial charge is 0.481 e. The lowest BCUT2D eigenvalue weighted by Crippen LogP contribution is -2.30. The minimum Gasteiger partial charge on any atom is -0.481 e. The van der Waals surface area contributed by atoms with Crippen LogP contribution in [0.25, 0.3) is 0 Å². The first-order chi connectivity index (χ1) is 8.08. The fourth-order valence-electron chi connectivity index (χ4n) is 2.11. The Morgan fingerprint density at radius 1 is 1.41 bits per heavy atom. The van der Waals surface area contributed by atoms with E-state index >= 15 is 0 Å². The van der Waals surface area contributed by atoms with Gasteiger partial charge < -0.3 is 5.11 Å². The predicted octanol–water partition coefficient (Wildman–Crippen LogP) is -0.351. The molecular weight excluding hydrogens is 226 g/mol. The third kappa shape index (κ3) is 2.40. The van der Waals surface area contributed by atoms with Gasteiger partial charge in [0, 0.05) is 0 Å². The van der Waals surface area contributed by atoms with Crippen molar-refractivity contribution in [2.75, 3.05) is 5.32 Å². The van der Waals surface area contributed by atoms with Gasteiger partial charge in [-0.1, -0.05) is 11.5 Å². The third-order valence-electron chi connectivity index (χ3n) is 2.91. The van der Waals surface area contributed by atoms with Crippen LogP contribution in [0.1, 0.15) is 19.3 Å². The quantitative estimate of drug-likeness (QED) is 0.746. The van der Waals surface area contributed by atoms with E-state index in [1.807, 2.05) is 0 Å². The Labute approximate surface area is 97.0 Å². The van der Waals surface area contributed by atoms with Gasteiger partial charge in [0.25, 0.3) is 5.95 Å². The van der Waals surface area contributed by atoms with Gasteiger partial charge in [-0.15, -0.1) is 5.10 Å². The molecule has 8 heteroatoms. The third-order valence-corrected chi connectivity index (χ3v) is 2.91. The number of nitrogens with one attached hydrogen (secondary N) is 1. The van der Waals surface area contributed by atoms with Crippen molar-refractivity contribution in [3.63, 3.8) is 0 Å². The van der Waals surface area contributed by atoms with Gasteiger partial charge >= 0.3 is 5.97 Å². The Bertz CT molecular complexity index is 444. The van der Waals surface area contributed by atoms with Crippen molar-refractivity contribution in [3.8, 4) is 0 Å². The number of aromatic nitrogens is 4. The molecule has 1 aromatic heterocycles. The molecule has 1 aliphatic carbocycles.